The molecule has 1 aromatic heterocycles. The lowest BCUT2D eigenvalue weighted by Gasteiger charge is -2.27. The van der Waals surface area contributed by atoms with E-state index in [9.17, 15) is 0 Å². The molecule has 2 aliphatic rings. The quantitative estimate of drug-likeness (QED) is 0.858. The number of hydrogen-bond donors (Lipinski definition) is 1. The molecule has 1 aliphatic heterocycles. The Kier molecular flexibility index (Phi) is 3.43. The van der Waals surface area contributed by atoms with Crippen LogP contribution in [0.4, 0.5) is 5.95 Å². The number of hydrogen-bond acceptors (Lipinski definition) is 5. The van der Waals surface area contributed by atoms with Crippen LogP contribution in [0.1, 0.15) is 30.0 Å². The molecule has 0 aromatic carbocycles. The second-order valence-electron chi connectivity index (χ2n) is 4.98. The van der Waals surface area contributed by atoms with Crippen LogP contribution in [0.25, 0.3) is 0 Å². The van der Waals surface area contributed by atoms with Crippen LogP contribution in [0.5, 0.6) is 0 Å². The highest BCUT2D eigenvalue weighted by atomic mass is 16.5. The molecule has 2 heterocycles. The Balaban J connectivity index is 1.84. The van der Waals surface area contributed by atoms with Crippen molar-refractivity contribution < 1.29 is 4.74 Å². The summed E-state index contributed by atoms with van der Waals surface area (Å²) in [5, 5.41) is 3.19. The molecule has 0 amide bonds. The summed E-state index contributed by atoms with van der Waals surface area (Å²) >= 11 is 0. The first-order valence-corrected chi connectivity index (χ1v) is 6.71. The van der Waals surface area contributed by atoms with Crippen molar-refractivity contribution in [2.24, 2.45) is 0 Å². The third-order valence-electron chi connectivity index (χ3n) is 3.51. The zero-order valence-electron chi connectivity index (χ0n) is 10.9. The highest BCUT2D eigenvalue weighted by Crippen LogP contribution is 2.40. The van der Waals surface area contributed by atoms with Crippen molar-refractivity contribution >= 4 is 5.95 Å². The van der Waals surface area contributed by atoms with Gasteiger partial charge in [-0.1, -0.05) is 0 Å². The molecule has 0 spiro atoms. The molecule has 5 heteroatoms. The van der Waals surface area contributed by atoms with Crippen LogP contribution in [-0.2, 0) is 11.3 Å². The lowest BCUT2D eigenvalue weighted by molar-refractivity contribution is 0.122. The fraction of sp³-hybridized carbons (Fsp3) is 0.692. The monoisotopic (exact) mass is 248 g/mol. The average molecular weight is 248 g/mol. The fourth-order valence-electron chi connectivity index (χ4n) is 2.36. The van der Waals surface area contributed by atoms with E-state index < -0.39 is 0 Å². The van der Waals surface area contributed by atoms with Gasteiger partial charge in [-0.25, -0.2) is 9.97 Å². The number of morpholine rings is 1. The Morgan fingerprint density at radius 2 is 2.17 bits per heavy atom. The topological polar surface area (TPSA) is 50.3 Å². The van der Waals surface area contributed by atoms with Gasteiger partial charge in [0.15, 0.2) is 0 Å². The minimum atomic E-state index is 0.663. The van der Waals surface area contributed by atoms with Crippen molar-refractivity contribution in [1.82, 2.24) is 15.3 Å². The lowest BCUT2D eigenvalue weighted by Crippen LogP contribution is -2.37. The largest absolute Gasteiger partial charge is 0.378 e. The first-order chi connectivity index (χ1) is 8.88. The summed E-state index contributed by atoms with van der Waals surface area (Å²) in [4.78, 5) is 11.5. The maximum atomic E-state index is 5.37. The van der Waals surface area contributed by atoms with Crippen LogP contribution in [0.3, 0.4) is 0 Å². The molecule has 98 valence electrons. The van der Waals surface area contributed by atoms with Crippen LogP contribution in [-0.4, -0.2) is 43.3 Å². The molecular weight excluding hydrogens is 228 g/mol. The highest BCUT2D eigenvalue weighted by molar-refractivity contribution is 5.36. The van der Waals surface area contributed by atoms with E-state index >= 15 is 0 Å². The van der Waals surface area contributed by atoms with Crippen molar-refractivity contribution in [3.8, 4) is 0 Å². The molecule has 3 rings (SSSR count). The fourth-order valence-corrected chi connectivity index (χ4v) is 2.36. The van der Waals surface area contributed by atoms with Crippen LogP contribution >= 0.6 is 0 Å². The lowest BCUT2D eigenvalue weighted by atomic mass is 10.1. The van der Waals surface area contributed by atoms with Gasteiger partial charge in [-0.15, -0.1) is 0 Å². The minimum absolute atomic E-state index is 0.663. The van der Waals surface area contributed by atoms with E-state index in [1.54, 1.807) is 0 Å². The SMILES string of the molecule is CNCc1cnc(N2CCOCC2)nc1C1CC1. The summed E-state index contributed by atoms with van der Waals surface area (Å²) in [6.45, 7) is 4.21. The van der Waals surface area contributed by atoms with E-state index in [1.807, 2.05) is 13.2 Å². The first kappa shape index (κ1) is 11.9. The van der Waals surface area contributed by atoms with Crippen molar-refractivity contribution in [3.63, 3.8) is 0 Å². The average Bonchev–Trinajstić information content (AvgIpc) is 3.25. The summed E-state index contributed by atoms with van der Waals surface area (Å²) in [6, 6.07) is 0. The van der Waals surface area contributed by atoms with E-state index in [0.29, 0.717) is 5.92 Å². The Bertz CT molecular complexity index is 413. The number of ether oxygens (including phenoxy) is 1. The molecule has 0 radical (unpaired) electrons. The van der Waals surface area contributed by atoms with Gasteiger partial charge in [0.05, 0.1) is 18.9 Å². The van der Waals surface area contributed by atoms with Crippen molar-refractivity contribution in [3.05, 3.63) is 17.5 Å². The first-order valence-electron chi connectivity index (χ1n) is 6.71. The molecule has 1 N–H and O–H groups in total. The van der Waals surface area contributed by atoms with E-state index in [1.165, 1.54) is 24.1 Å². The molecule has 1 aliphatic carbocycles. The molecule has 1 aromatic rings. The second kappa shape index (κ2) is 5.20. The Hall–Kier alpha value is -1.20. The standard InChI is InChI=1S/C13H20N4O/c1-14-8-11-9-15-13(16-12(11)10-2-3-10)17-4-6-18-7-5-17/h9-10,14H,2-8H2,1H3. The predicted molar refractivity (Wildman–Crippen MR) is 69.8 cm³/mol. The normalized spacial score (nSPS) is 20.2. The number of nitrogens with one attached hydrogen (secondary N) is 1. The van der Waals surface area contributed by atoms with Gasteiger partial charge in [-0.2, -0.15) is 0 Å². The number of rotatable bonds is 4. The van der Waals surface area contributed by atoms with Gasteiger partial charge >= 0.3 is 0 Å². The summed E-state index contributed by atoms with van der Waals surface area (Å²) < 4.78 is 5.37. The summed E-state index contributed by atoms with van der Waals surface area (Å²) in [5.41, 5.74) is 2.50. The van der Waals surface area contributed by atoms with Gasteiger partial charge in [-0.05, 0) is 19.9 Å². The van der Waals surface area contributed by atoms with Crippen molar-refractivity contribution in [1.29, 1.82) is 0 Å². The van der Waals surface area contributed by atoms with Crippen molar-refractivity contribution in [2.75, 3.05) is 38.3 Å². The molecule has 0 unspecified atom stereocenters. The Morgan fingerprint density at radius 3 is 2.83 bits per heavy atom. The molecule has 2 fully saturated rings. The van der Waals surface area contributed by atoms with Crippen molar-refractivity contribution in [2.45, 2.75) is 25.3 Å². The molecule has 0 bridgehead atoms. The van der Waals surface area contributed by atoms with E-state index in [2.05, 4.69) is 15.2 Å². The molecule has 5 nitrogen and oxygen atoms in total. The van der Waals surface area contributed by atoms with Gasteiger partial charge in [0.2, 0.25) is 5.95 Å². The zero-order chi connectivity index (χ0) is 12.4. The zero-order valence-corrected chi connectivity index (χ0v) is 10.9. The van der Waals surface area contributed by atoms with E-state index in [-0.39, 0.29) is 0 Å². The second-order valence-corrected chi connectivity index (χ2v) is 4.98. The predicted octanol–water partition coefficient (Wildman–Crippen LogP) is 0.910. The van der Waals surface area contributed by atoms with Gasteiger partial charge in [0.1, 0.15) is 0 Å². The maximum Gasteiger partial charge on any atom is 0.225 e. The highest BCUT2D eigenvalue weighted by Gasteiger charge is 2.28. The van der Waals surface area contributed by atoms with Gasteiger partial charge in [0.25, 0.3) is 0 Å². The Morgan fingerprint density at radius 1 is 1.39 bits per heavy atom. The maximum absolute atomic E-state index is 5.37. The minimum Gasteiger partial charge on any atom is -0.378 e. The van der Waals surface area contributed by atoms with Crippen LogP contribution in [0, 0.1) is 0 Å². The molecular formula is C13H20N4O. The number of nitrogens with zero attached hydrogens (tertiary/aromatic N) is 3. The van der Waals surface area contributed by atoms with Gasteiger partial charge in [-0.3, -0.25) is 0 Å². The summed E-state index contributed by atoms with van der Waals surface area (Å²) in [6.07, 6.45) is 4.54. The summed E-state index contributed by atoms with van der Waals surface area (Å²) in [5.74, 6) is 1.54. The third-order valence-corrected chi connectivity index (χ3v) is 3.51. The smallest absolute Gasteiger partial charge is 0.225 e. The number of anilines is 1. The molecule has 1 saturated heterocycles. The third kappa shape index (κ3) is 2.47. The number of aromatic nitrogens is 2. The summed E-state index contributed by atoms with van der Waals surface area (Å²) in [7, 11) is 1.96. The van der Waals surface area contributed by atoms with E-state index in [4.69, 9.17) is 9.72 Å². The van der Waals surface area contributed by atoms with Gasteiger partial charge < -0.3 is 15.0 Å². The van der Waals surface area contributed by atoms with Crippen LogP contribution < -0.4 is 10.2 Å². The van der Waals surface area contributed by atoms with Crippen LogP contribution in [0.15, 0.2) is 6.20 Å². The Labute approximate surface area is 108 Å². The molecule has 1 saturated carbocycles. The van der Waals surface area contributed by atoms with Crippen LogP contribution in [0.2, 0.25) is 0 Å². The molecule has 0 atom stereocenters. The van der Waals surface area contributed by atoms with Gasteiger partial charge in [0, 0.05) is 37.3 Å². The molecule has 18 heavy (non-hydrogen) atoms. The van der Waals surface area contributed by atoms with E-state index in [0.717, 1.165) is 38.8 Å².